The average Bonchev–Trinajstić information content (AvgIpc) is 2.19. The van der Waals surface area contributed by atoms with Gasteiger partial charge in [0.25, 0.3) is 0 Å². The summed E-state index contributed by atoms with van der Waals surface area (Å²) in [7, 11) is 0. The molecule has 41 valence electrons. The van der Waals surface area contributed by atoms with Crippen molar-refractivity contribution in [1.29, 1.82) is 0 Å². The van der Waals surface area contributed by atoms with Gasteiger partial charge in [0.2, 0.25) is 0 Å². The van der Waals surface area contributed by atoms with E-state index >= 15 is 0 Å². The fourth-order valence-corrected chi connectivity index (χ4v) is 0.349. The zero-order chi connectivity index (χ0) is 5.82. The van der Waals surface area contributed by atoms with Gasteiger partial charge in [0.1, 0.15) is 0 Å². The van der Waals surface area contributed by atoms with Gasteiger partial charge < -0.3 is 0 Å². The summed E-state index contributed by atoms with van der Waals surface area (Å²) in [6.07, 6.45) is 3.29. The van der Waals surface area contributed by atoms with Crippen molar-refractivity contribution in [3.8, 4) is 0 Å². The molecule has 0 fully saturated rings. The molecule has 1 radical (unpaired) electrons. The molecule has 0 bridgehead atoms. The number of tetrazole rings is 1. The third-order valence-corrected chi connectivity index (χ3v) is 0.637. The molecule has 4 heteroatoms. The van der Waals surface area contributed by atoms with Crippen molar-refractivity contribution in [3.63, 3.8) is 0 Å². The maximum atomic E-state index is 3.56. The second kappa shape index (κ2) is 2.20. The van der Waals surface area contributed by atoms with Crippen molar-refractivity contribution in [2.75, 3.05) is 0 Å². The van der Waals surface area contributed by atoms with E-state index in [1.54, 1.807) is 12.5 Å². The first-order valence-corrected chi connectivity index (χ1v) is 2.13. The topological polar surface area (TPSA) is 54.5 Å². The van der Waals surface area contributed by atoms with Crippen molar-refractivity contribution in [3.05, 3.63) is 24.9 Å². The fourth-order valence-electron chi connectivity index (χ4n) is 0.349. The Morgan fingerprint density at radius 3 is 3.00 bits per heavy atom. The molecular weight excluding hydrogens is 104 g/mol. The molecule has 0 aliphatic heterocycles. The summed E-state index contributed by atoms with van der Waals surface area (Å²) < 4.78 is 0. The van der Waals surface area contributed by atoms with Gasteiger partial charge in [-0.05, 0) is 10.4 Å². The first-order chi connectivity index (χ1) is 3.93. The largest absolute Gasteiger partial charge is 0.242 e. The number of hydrogen-bond acceptors (Lipinski definition) is 3. The number of aromatic amines is 1. The molecule has 0 saturated heterocycles. The van der Waals surface area contributed by atoms with Crippen LogP contribution in [-0.4, -0.2) is 20.6 Å². The molecule has 8 heavy (non-hydrogen) atoms. The van der Waals surface area contributed by atoms with Crippen molar-refractivity contribution in [1.82, 2.24) is 20.6 Å². The minimum Gasteiger partial charge on any atom is -0.242 e. The smallest absolute Gasteiger partial charge is 0.156 e. The standard InChI is InChI=1S/C4H5N4/c1-2-3-4-5-7-8-6-4/h2-3H,1H2,(H,5,6,7,8). The van der Waals surface area contributed by atoms with Crippen molar-refractivity contribution in [2.24, 2.45) is 0 Å². The van der Waals surface area contributed by atoms with Crippen LogP contribution in [-0.2, 0) is 0 Å². The maximum absolute atomic E-state index is 3.56. The molecule has 1 rings (SSSR count). The zero-order valence-corrected chi connectivity index (χ0v) is 4.20. The molecule has 0 aromatic carbocycles. The van der Waals surface area contributed by atoms with Gasteiger partial charge in [-0.3, -0.25) is 0 Å². The van der Waals surface area contributed by atoms with Crippen LogP contribution in [0.15, 0.2) is 12.7 Å². The molecule has 0 aliphatic carbocycles. The molecule has 0 aliphatic rings. The molecule has 0 atom stereocenters. The molecule has 1 aromatic heterocycles. The lowest BCUT2D eigenvalue weighted by molar-refractivity contribution is 0.881. The van der Waals surface area contributed by atoms with Gasteiger partial charge in [-0.1, -0.05) is 6.08 Å². The Hall–Kier alpha value is -1.19. The fraction of sp³-hybridized carbons (Fsp3) is 0. The van der Waals surface area contributed by atoms with E-state index in [1.165, 1.54) is 0 Å². The summed E-state index contributed by atoms with van der Waals surface area (Å²) in [5.41, 5.74) is 0. The SMILES string of the molecule is C=C[CH]c1nnn[nH]1. The summed E-state index contributed by atoms with van der Waals surface area (Å²) in [5, 5.41) is 12.8. The molecule has 1 aromatic rings. The molecular formula is C4H5N4. The second-order valence-corrected chi connectivity index (χ2v) is 1.19. The van der Waals surface area contributed by atoms with Gasteiger partial charge in [0, 0.05) is 0 Å². The number of aromatic nitrogens is 4. The first kappa shape index (κ1) is 4.96. The minimum atomic E-state index is 0.625. The number of allylic oxidation sites excluding steroid dienone is 1. The van der Waals surface area contributed by atoms with Gasteiger partial charge in [-0.15, -0.1) is 11.7 Å². The van der Waals surface area contributed by atoms with Crippen molar-refractivity contribution in [2.45, 2.75) is 0 Å². The molecule has 0 unspecified atom stereocenters. The van der Waals surface area contributed by atoms with E-state index in [1.807, 2.05) is 0 Å². The highest BCUT2D eigenvalue weighted by Crippen LogP contribution is 1.86. The van der Waals surface area contributed by atoms with E-state index in [0.29, 0.717) is 5.82 Å². The van der Waals surface area contributed by atoms with Gasteiger partial charge in [0.15, 0.2) is 5.82 Å². The minimum absolute atomic E-state index is 0.625. The number of hydrogen-bond donors (Lipinski definition) is 1. The Bertz CT molecular complexity index is 155. The summed E-state index contributed by atoms with van der Waals surface area (Å²) >= 11 is 0. The highest BCUT2D eigenvalue weighted by Gasteiger charge is 1.88. The summed E-state index contributed by atoms with van der Waals surface area (Å²) in [6, 6.07) is 0. The van der Waals surface area contributed by atoms with Gasteiger partial charge in [-0.25, -0.2) is 5.10 Å². The van der Waals surface area contributed by atoms with Gasteiger partial charge in [-0.2, -0.15) is 0 Å². The Balaban J connectivity index is 2.62. The van der Waals surface area contributed by atoms with Crippen molar-refractivity contribution < 1.29 is 0 Å². The quantitative estimate of drug-likeness (QED) is 0.578. The van der Waals surface area contributed by atoms with Crippen LogP contribution in [0.1, 0.15) is 5.82 Å². The third-order valence-electron chi connectivity index (χ3n) is 0.637. The summed E-state index contributed by atoms with van der Waals surface area (Å²) in [4.78, 5) is 0. The number of rotatable bonds is 2. The molecule has 1 heterocycles. The normalized spacial score (nSPS) is 9.00. The van der Waals surface area contributed by atoms with Crippen LogP contribution >= 0.6 is 0 Å². The van der Waals surface area contributed by atoms with E-state index in [9.17, 15) is 0 Å². The second-order valence-electron chi connectivity index (χ2n) is 1.19. The number of H-pyrrole nitrogens is 1. The van der Waals surface area contributed by atoms with Crippen LogP contribution in [0.25, 0.3) is 0 Å². The number of nitrogens with one attached hydrogen (secondary N) is 1. The highest BCUT2D eigenvalue weighted by molar-refractivity contribution is 5.05. The zero-order valence-electron chi connectivity index (χ0n) is 4.20. The van der Waals surface area contributed by atoms with Gasteiger partial charge in [0.05, 0.1) is 6.42 Å². The molecule has 0 spiro atoms. The number of nitrogens with zero attached hydrogens (tertiary/aromatic N) is 3. The first-order valence-electron chi connectivity index (χ1n) is 2.13. The van der Waals surface area contributed by atoms with Crippen LogP contribution in [0.5, 0.6) is 0 Å². The van der Waals surface area contributed by atoms with Crippen LogP contribution in [0, 0.1) is 6.42 Å². The van der Waals surface area contributed by atoms with E-state index in [2.05, 4.69) is 27.2 Å². The lowest BCUT2D eigenvalue weighted by Crippen LogP contribution is -1.79. The van der Waals surface area contributed by atoms with Crippen LogP contribution in [0.2, 0.25) is 0 Å². The van der Waals surface area contributed by atoms with Crippen molar-refractivity contribution >= 4 is 0 Å². The lowest BCUT2D eigenvalue weighted by Gasteiger charge is -1.76. The van der Waals surface area contributed by atoms with Crippen LogP contribution < -0.4 is 0 Å². The average molecular weight is 109 g/mol. The predicted octanol–water partition coefficient (Wildman–Crippen LogP) is -0.0619. The van der Waals surface area contributed by atoms with Gasteiger partial charge >= 0.3 is 0 Å². The van der Waals surface area contributed by atoms with Crippen LogP contribution in [0.3, 0.4) is 0 Å². The highest BCUT2D eigenvalue weighted by atomic mass is 15.5. The Morgan fingerprint density at radius 1 is 1.62 bits per heavy atom. The monoisotopic (exact) mass is 109 g/mol. The molecule has 0 saturated carbocycles. The van der Waals surface area contributed by atoms with Crippen LogP contribution in [0.4, 0.5) is 0 Å². The molecule has 4 nitrogen and oxygen atoms in total. The summed E-state index contributed by atoms with van der Waals surface area (Å²) in [5.74, 6) is 0.625. The predicted molar refractivity (Wildman–Crippen MR) is 27.8 cm³/mol. The Labute approximate surface area is 46.6 Å². The van der Waals surface area contributed by atoms with E-state index in [4.69, 9.17) is 0 Å². The third kappa shape index (κ3) is 0.900. The molecule has 0 amide bonds. The van der Waals surface area contributed by atoms with E-state index in [0.717, 1.165) is 0 Å². The molecule has 1 N–H and O–H groups in total. The lowest BCUT2D eigenvalue weighted by atomic mass is 10.4. The summed E-state index contributed by atoms with van der Waals surface area (Å²) in [6.45, 7) is 3.46. The van der Waals surface area contributed by atoms with E-state index in [-0.39, 0.29) is 0 Å². The Morgan fingerprint density at radius 2 is 2.50 bits per heavy atom. The maximum Gasteiger partial charge on any atom is 0.156 e. The Kier molecular flexibility index (Phi) is 1.37. The van der Waals surface area contributed by atoms with E-state index < -0.39 is 0 Å².